The van der Waals surface area contributed by atoms with Crippen molar-refractivity contribution in [2.75, 3.05) is 0 Å². The van der Waals surface area contributed by atoms with Crippen LogP contribution in [0.25, 0.3) is 27.6 Å². The molecule has 4 aromatic rings. The van der Waals surface area contributed by atoms with Gasteiger partial charge < -0.3 is 10.4 Å². The molecule has 2 heterocycles. The summed E-state index contributed by atoms with van der Waals surface area (Å²) in [5.74, 6) is 0. The summed E-state index contributed by atoms with van der Waals surface area (Å²) >= 11 is 0. The number of nitrogens with zero attached hydrogens (tertiary/aromatic N) is 5. The van der Waals surface area contributed by atoms with E-state index in [4.69, 9.17) is 6.57 Å². The summed E-state index contributed by atoms with van der Waals surface area (Å²) < 4.78 is 43.8. The molecule has 2 N–H and O–H groups in total. The molecule has 5 rings (SSSR count). The number of aliphatic hydroxyl groups is 1. The van der Waals surface area contributed by atoms with Gasteiger partial charge in [-0.15, -0.1) is 0 Å². The van der Waals surface area contributed by atoms with E-state index in [1.165, 1.54) is 29.9 Å². The number of hydrogen-bond donors (Lipinski definition) is 2. The largest absolute Gasteiger partial charge is 0.416 e. The fourth-order valence-electron chi connectivity index (χ4n) is 4.91. The van der Waals surface area contributed by atoms with Gasteiger partial charge in [-0.1, -0.05) is 18.2 Å². The maximum Gasteiger partial charge on any atom is 0.416 e. The molecule has 2 aromatic carbocycles. The average Bonchev–Trinajstić information content (AvgIpc) is 3.61. The molecule has 0 spiro atoms. The van der Waals surface area contributed by atoms with Crippen LogP contribution < -0.4 is 11.0 Å². The summed E-state index contributed by atoms with van der Waals surface area (Å²) in [6, 6.07) is 11.0. The van der Waals surface area contributed by atoms with Crippen LogP contribution in [0.1, 0.15) is 30.5 Å². The molecule has 2 aromatic heterocycles. The molecule has 39 heavy (non-hydrogen) atoms. The first-order valence-corrected chi connectivity index (χ1v) is 12.1. The Kier molecular flexibility index (Phi) is 6.61. The first-order chi connectivity index (χ1) is 18.6. The number of carbonyl (C=O) groups excluding carboxylic acids is 1. The Balaban J connectivity index is 1.71. The molecule has 0 bridgehead atoms. The Hall–Kier alpha value is -4.63. The van der Waals surface area contributed by atoms with Crippen LogP contribution >= 0.6 is 0 Å². The summed E-state index contributed by atoms with van der Waals surface area (Å²) in [5.41, 5.74) is -0.270. The lowest BCUT2D eigenvalue weighted by molar-refractivity contribution is -0.137. The third-order valence-electron chi connectivity index (χ3n) is 6.82. The Morgan fingerprint density at radius 3 is 2.51 bits per heavy atom. The molecule has 1 fully saturated rings. The van der Waals surface area contributed by atoms with E-state index in [-0.39, 0.29) is 17.1 Å². The first-order valence-electron chi connectivity index (χ1n) is 12.1. The highest BCUT2D eigenvalue weighted by Crippen LogP contribution is 2.32. The summed E-state index contributed by atoms with van der Waals surface area (Å²) in [6.45, 7) is 8.70. The van der Waals surface area contributed by atoms with Gasteiger partial charge in [0.2, 0.25) is 0 Å². The van der Waals surface area contributed by atoms with Gasteiger partial charge in [-0.2, -0.15) is 18.3 Å². The molecule has 1 aliphatic rings. The minimum atomic E-state index is -4.63. The number of aromatic nitrogens is 4. The van der Waals surface area contributed by atoms with Crippen molar-refractivity contribution in [1.29, 1.82) is 0 Å². The Bertz CT molecular complexity index is 1640. The standard InChI is InChI=1S/C27H23F3N6O3/c1-16-24(22-13-14-32-36(22)19-11-9-18(31-2)10-12-19)35(25(38)33-21-7-4-8-23(21)37)26(39)34(16)20-6-3-5-17(15-20)27(28,29)30/h3,5-6,9-15,21,23,37H,4,7-8H2,1H3,(H,33,38)/t21-,23-/m1/s1. The molecular formula is C27H23F3N6O3. The van der Waals surface area contributed by atoms with Crippen LogP contribution in [-0.4, -0.2) is 42.2 Å². The number of benzene rings is 2. The highest BCUT2D eigenvalue weighted by atomic mass is 19.4. The summed E-state index contributed by atoms with van der Waals surface area (Å²) in [7, 11) is 0. The van der Waals surface area contributed by atoms with Crippen molar-refractivity contribution >= 4 is 11.7 Å². The van der Waals surface area contributed by atoms with Crippen molar-refractivity contribution in [3.8, 4) is 22.8 Å². The lowest BCUT2D eigenvalue weighted by Crippen LogP contribution is -2.45. The van der Waals surface area contributed by atoms with Gasteiger partial charge in [0.25, 0.3) is 0 Å². The zero-order valence-corrected chi connectivity index (χ0v) is 20.7. The van der Waals surface area contributed by atoms with Gasteiger partial charge in [0.1, 0.15) is 5.69 Å². The van der Waals surface area contributed by atoms with Gasteiger partial charge in [0.05, 0.1) is 53.2 Å². The van der Waals surface area contributed by atoms with Crippen molar-refractivity contribution in [3.63, 3.8) is 0 Å². The number of aliphatic hydroxyl groups excluding tert-OH is 1. The Morgan fingerprint density at radius 2 is 1.87 bits per heavy atom. The smallest absolute Gasteiger partial charge is 0.391 e. The van der Waals surface area contributed by atoms with Crippen LogP contribution in [0, 0.1) is 13.5 Å². The fourth-order valence-corrected chi connectivity index (χ4v) is 4.91. The topological polar surface area (TPSA) is 98.4 Å². The molecule has 12 heteroatoms. The van der Waals surface area contributed by atoms with E-state index in [0.717, 1.165) is 21.3 Å². The van der Waals surface area contributed by atoms with E-state index < -0.39 is 35.6 Å². The molecule has 0 aliphatic heterocycles. The zero-order chi connectivity index (χ0) is 27.9. The van der Waals surface area contributed by atoms with Crippen LogP contribution in [0.3, 0.4) is 0 Å². The van der Waals surface area contributed by atoms with E-state index >= 15 is 0 Å². The van der Waals surface area contributed by atoms with Crippen molar-refractivity contribution in [2.45, 2.75) is 44.5 Å². The molecule has 0 unspecified atom stereocenters. The third kappa shape index (κ3) is 4.72. The van der Waals surface area contributed by atoms with Gasteiger partial charge in [-0.3, -0.25) is 4.57 Å². The Labute approximate surface area is 220 Å². The summed E-state index contributed by atoms with van der Waals surface area (Å²) in [5, 5.41) is 17.3. The number of halogens is 3. The molecule has 1 amide bonds. The molecule has 9 nitrogen and oxygen atoms in total. The van der Waals surface area contributed by atoms with Crippen LogP contribution in [0.15, 0.2) is 65.6 Å². The van der Waals surface area contributed by atoms with Crippen LogP contribution in [-0.2, 0) is 6.18 Å². The molecule has 0 saturated heterocycles. The van der Waals surface area contributed by atoms with Gasteiger partial charge in [0, 0.05) is 0 Å². The van der Waals surface area contributed by atoms with Crippen molar-refractivity contribution in [3.05, 3.63) is 94.0 Å². The predicted octanol–water partition coefficient (Wildman–Crippen LogP) is 4.84. The molecule has 2 atom stereocenters. The van der Waals surface area contributed by atoms with E-state index in [1.807, 2.05) is 0 Å². The Morgan fingerprint density at radius 1 is 1.13 bits per heavy atom. The predicted molar refractivity (Wildman–Crippen MR) is 136 cm³/mol. The number of nitrogens with one attached hydrogen (secondary N) is 1. The third-order valence-corrected chi connectivity index (χ3v) is 6.82. The zero-order valence-electron chi connectivity index (χ0n) is 20.7. The molecule has 1 saturated carbocycles. The van der Waals surface area contributed by atoms with E-state index in [9.17, 15) is 27.9 Å². The number of amides is 1. The van der Waals surface area contributed by atoms with Gasteiger partial charge in [-0.05, 0) is 62.6 Å². The molecular weight excluding hydrogens is 513 g/mol. The number of rotatable bonds is 4. The average molecular weight is 537 g/mol. The second-order valence-corrected chi connectivity index (χ2v) is 9.25. The lowest BCUT2D eigenvalue weighted by atomic mass is 10.2. The second-order valence-electron chi connectivity index (χ2n) is 9.25. The van der Waals surface area contributed by atoms with Crippen LogP contribution in [0.5, 0.6) is 0 Å². The van der Waals surface area contributed by atoms with Crippen molar-refractivity contribution in [2.24, 2.45) is 0 Å². The van der Waals surface area contributed by atoms with E-state index in [2.05, 4.69) is 15.3 Å². The van der Waals surface area contributed by atoms with Crippen LogP contribution in [0.2, 0.25) is 0 Å². The van der Waals surface area contributed by atoms with Gasteiger partial charge in [-0.25, -0.2) is 23.7 Å². The highest BCUT2D eigenvalue weighted by molar-refractivity contribution is 5.83. The number of carbonyl (C=O) groups is 1. The quantitative estimate of drug-likeness (QED) is 0.365. The highest BCUT2D eigenvalue weighted by Gasteiger charge is 2.33. The monoisotopic (exact) mass is 536 g/mol. The van der Waals surface area contributed by atoms with Crippen molar-refractivity contribution in [1.82, 2.24) is 24.2 Å². The number of hydrogen-bond acceptors (Lipinski definition) is 4. The summed E-state index contributed by atoms with van der Waals surface area (Å²) in [4.78, 5) is 30.6. The van der Waals surface area contributed by atoms with E-state index in [0.29, 0.717) is 36.3 Å². The summed E-state index contributed by atoms with van der Waals surface area (Å²) in [6.07, 6.45) is -2.21. The molecule has 1 aliphatic carbocycles. The lowest BCUT2D eigenvalue weighted by Gasteiger charge is -2.17. The minimum absolute atomic E-state index is 0.0616. The minimum Gasteiger partial charge on any atom is -0.391 e. The normalized spacial score (nSPS) is 17.2. The van der Waals surface area contributed by atoms with E-state index in [1.54, 1.807) is 30.3 Å². The molecule has 0 radical (unpaired) electrons. The first kappa shape index (κ1) is 26.0. The van der Waals surface area contributed by atoms with Gasteiger partial charge in [0.15, 0.2) is 5.69 Å². The van der Waals surface area contributed by atoms with Crippen LogP contribution in [0.4, 0.5) is 23.7 Å². The second kappa shape index (κ2) is 9.92. The number of alkyl halides is 3. The van der Waals surface area contributed by atoms with Gasteiger partial charge >= 0.3 is 17.9 Å². The maximum absolute atomic E-state index is 13.8. The number of imidazole rings is 1. The fraction of sp³-hybridized carbons (Fsp3) is 0.259. The SMILES string of the molecule is [C-]#[N+]c1ccc(-n2nccc2-c2c(C)n(-c3cccc(C(F)(F)F)c3)c(=O)n2C(=O)N[C@@H]2CCC[C@H]2O)cc1. The van der Waals surface area contributed by atoms with Crippen molar-refractivity contribution < 1.29 is 23.1 Å². The maximum atomic E-state index is 13.8. The molecule has 200 valence electrons.